The van der Waals surface area contributed by atoms with E-state index in [1.807, 2.05) is 0 Å². The summed E-state index contributed by atoms with van der Waals surface area (Å²) >= 11 is 0. The van der Waals surface area contributed by atoms with Crippen molar-refractivity contribution in [1.82, 2.24) is 4.57 Å². The largest absolute Gasteiger partial charge is 0.477 e. The molecular formula is C18H12F6N2O2. The molecule has 0 saturated carbocycles. The fraction of sp³-hybridized carbons (Fsp3) is 0.167. The van der Waals surface area contributed by atoms with Crippen LogP contribution in [0.15, 0.2) is 42.5 Å². The van der Waals surface area contributed by atoms with Crippen molar-refractivity contribution in [3.05, 3.63) is 59.3 Å². The van der Waals surface area contributed by atoms with Crippen LogP contribution in [0.5, 0.6) is 0 Å². The summed E-state index contributed by atoms with van der Waals surface area (Å²) in [6.07, 6.45) is -9.30. The molecule has 0 fully saturated rings. The highest BCUT2D eigenvalue weighted by Crippen LogP contribution is 2.38. The second kappa shape index (κ2) is 6.47. The summed E-state index contributed by atoms with van der Waals surface area (Å²) in [7, 11) is 1.34. The molecule has 0 unspecified atom stereocenters. The van der Waals surface area contributed by atoms with E-state index in [0.29, 0.717) is 0 Å². The standard InChI is InChI=1S/C18H12F6N2O2/c1-26-13-6-5-10(18(22,23)24)8-12(13)14(15(26)16(27)28)25-11-4-2-3-9(7-11)17(19,20)21/h2-8,25H,1H3,(H,27,28). The number of nitrogens with zero attached hydrogens (tertiary/aromatic N) is 1. The zero-order chi connectivity index (χ0) is 20.9. The van der Waals surface area contributed by atoms with Gasteiger partial charge in [0.15, 0.2) is 5.69 Å². The molecule has 0 spiro atoms. The lowest BCUT2D eigenvalue weighted by Gasteiger charge is -2.12. The Balaban J connectivity index is 2.21. The number of aromatic carboxylic acids is 1. The van der Waals surface area contributed by atoms with Crippen molar-refractivity contribution < 1.29 is 36.2 Å². The van der Waals surface area contributed by atoms with Gasteiger partial charge in [-0.05, 0) is 36.4 Å². The number of halogens is 6. The molecule has 1 heterocycles. The van der Waals surface area contributed by atoms with Gasteiger partial charge in [0.25, 0.3) is 0 Å². The van der Waals surface area contributed by atoms with Crippen molar-refractivity contribution in [3.8, 4) is 0 Å². The lowest BCUT2D eigenvalue weighted by Crippen LogP contribution is -2.08. The zero-order valence-electron chi connectivity index (χ0n) is 14.1. The van der Waals surface area contributed by atoms with Crippen molar-refractivity contribution in [2.24, 2.45) is 7.05 Å². The van der Waals surface area contributed by atoms with Crippen molar-refractivity contribution in [3.63, 3.8) is 0 Å². The molecule has 0 amide bonds. The fourth-order valence-electron chi connectivity index (χ4n) is 2.92. The first-order valence-electron chi connectivity index (χ1n) is 7.77. The van der Waals surface area contributed by atoms with Gasteiger partial charge in [0.1, 0.15) is 0 Å². The minimum atomic E-state index is -4.67. The van der Waals surface area contributed by atoms with Gasteiger partial charge in [-0.3, -0.25) is 0 Å². The average molecular weight is 402 g/mol. The molecule has 0 atom stereocenters. The van der Waals surface area contributed by atoms with Gasteiger partial charge >= 0.3 is 18.3 Å². The predicted octanol–water partition coefficient (Wildman–Crippen LogP) is 5.66. The lowest BCUT2D eigenvalue weighted by molar-refractivity contribution is -0.138. The number of carboxylic acid groups (broad SMARTS) is 1. The van der Waals surface area contributed by atoms with E-state index in [1.54, 1.807) is 0 Å². The number of aryl methyl sites for hydroxylation is 1. The van der Waals surface area contributed by atoms with E-state index < -0.39 is 29.4 Å². The number of benzene rings is 2. The van der Waals surface area contributed by atoms with E-state index in [-0.39, 0.29) is 28.0 Å². The van der Waals surface area contributed by atoms with Gasteiger partial charge in [0, 0.05) is 18.1 Å². The smallest absolute Gasteiger partial charge is 0.416 e. The summed E-state index contributed by atoms with van der Waals surface area (Å²) in [5, 5.41) is 11.9. The number of carbonyl (C=O) groups is 1. The quantitative estimate of drug-likeness (QED) is 0.556. The van der Waals surface area contributed by atoms with E-state index in [4.69, 9.17) is 0 Å². The molecule has 0 bridgehead atoms. The van der Waals surface area contributed by atoms with Gasteiger partial charge in [0.2, 0.25) is 0 Å². The molecule has 4 nitrogen and oxygen atoms in total. The maximum absolute atomic E-state index is 13.1. The summed E-state index contributed by atoms with van der Waals surface area (Å²) < 4.78 is 79.0. The summed E-state index contributed by atoms with van der Waals surface area (Å²) in [5.41, 5.74) is -2.52. The monoisotopic (exact) mass is 402 g/mol. The second-order valence-electron chi connectivity index (χ2n) is 6.02. The molecule has 2 aromatic carbocycles. The van der Waals surface area contributed by atoms with Gasteiger partial charge in [-0.1, -0.05) is 6.07 Å². The van der Waals surface area contributed by atoms with Crippen molar-refractivity contribution in [2.75, 3.05) is 5.32 Å². The number of aromatic nitrogens is 1. The molecule has 2 N–H and O–H groups in total. The number of hydrogen-bond donors (Lipinski definition) is 2. The average Bonchev–Trinajstić information content (AvgIpc) is 2.85. The molecule has 1 aromatic heterocycles. The predicted molar refractivity (Wildman–Crippen MR) is 89.6 cm³/mol. The number of carboxylic acids is 1. The third-order valence-corrected chi connectivity index (χ3v) is 4.19. The summed E-state index contributed by atoms with van der Waals surface area (Å²) in [4.78, 5) is 11.6. The Morgan fingerprint density at radius 2 is 1.57 bits per heavy atom. The molecule has 3 aromatic rings. The van der Waals surface area contributed by atoms with Gasteiger partial charge in [-0.15, -0.1) is 0 Å². The molecule has 148 valence electrons. The Morgan fingerprint density at radius 1 is 0.964 bits per heavy atom. The molecule has 0 aliphatic carbocycles. The molecule has 0 saturated heterocycles. The highest BCUT2D eigenvalue weighted by atomic mass is 19.4. The van der Waals surface area contributed by atoms with Gasteiger partial charge in [-0.2, -0.15) is 26.3 Å². The number of rotatable bonds is 3. The van der Waals surface area contributed by atoms with E-state index in [9.17, 15) is 36.2 Å². The second-order valence-corrected chi connectivity index (χ2v) is 6.02. The van der Waals surface area contributed by atoms with Crippen LogP contribution in [0.2, 0.25) is 0 Å². The van der Waals surface area contributed by atoms with Gasteiger partial charge < -0.3 is 15.0 Å². The summed E-state index contributed by atoms with van der Waals surface area (Å²) in [6, 6.07) is 6.62. The molecule has 28 heavy (non-hydrogen) atoms. The molecule has 0 aliphatic heterocycles. The third-order valence-electron chi connectivity index (χ3n) is 4.19. The third kappa shape index (κ3) is 3.49. The number of anilines is 2. The molecule has 10 heteroatoms. The normalized spacial score (nSPS) is 12.4. The maximum Gasteiger partial charge on any atom is 0.416 e. The van der Waals surface area contributed by atoms with Crippen molar-refractivity contribution in [1.29, 1.82) is 0 Å². The van der Waals surface area contributed by atoms with Crippen LogP contribution < -0.4 is 5.32 Å². The molecule has 3 rings (SSSR count). The highest BCUT2D eigenvalue weighted by molar-refractivity contribution is 6.07. The van der Waals surface area contributed by atoms with Gasteiger partial charge in [-0.25, -0.2) is 4.79 Å². The number of fused-ring (bicyclic) bond motifs is 1. The van der Waals surface area contributed by atoms with Crippen LogP contribution in [0.4, 0.5) is 37.7 Å². The molecule has 0 aliphatic rings. The van der Waals surface area contributed by atoms with Crippen LogP contribution in [-0.4, -0.2) is 15.6 Å². The Hall–Kier alpha value is -3.17. The van der Waals surface area contributed by atoms with E-state index >= 15 is 0 Å². The van der Waals surface area contributed by atoms with Crippen molar-refractivity contribution >= 4 is 28.2 Å². The van der Waals surface area contributed by atoms with Crippen LogP contribution in [0.25, 0.3) is 10.9 Å². The summed E-state index contributed by atoms with van der Waals surface area (Å²) in [5.74, 6) is -1.44. The Bertz CT molecular complexity index is 1070. The lowest BCUT2D eigenvalue weighted by atomic mass is 10.1. The number of nitrogens with one attached hydrogen (secondary N) is 1. The number of alkyl halides is 6. The topological polar surface area (TPSA) is 54.3 Å². The van der Waals surface area contributed by atoms with Crippen LogP contribution in [0, 0.1) is 0 Å². The molecular weight excluding hydrogens is 390 g/mol. The number of hydrogen-bond acceptors (Lipinski definition) is 2. The van der Waals surface area contributed by atoms with Crippen LogP contribution in [0.3, 0.4) is 0 Å². The van der Waals surface area contributed by atoms with Gasteiger partial charge in [0.05, 0.1) is 22.3 Å². The Kier molecular flexibility index (Phi) is 4.52. The van der Waals surface area contributed by atoms with E-state index in [2.05, 4.69) is 5.32 Å². The maximum atomic E-state index is 13.1. The minimum Gasteiger partial charge on any atom is -0.477 e. The van der Waals surface area contributed by atoms with E-state index in [1.165, 1.54) is 13.1 Å². The first-order chi connectivity index (χ1) is 12.9. The van der Waals surface area contributed by atoms with Crippen LogP contribution in [-0.2, 0) is 19.4 Å². The van der Waals surface area contributed by atoms with Crippen LogP contribution in [0.1, 0.15) is 21.6 Å². The Labute approximate surface area is 154 Å². The fourth-order valence-corrected chi connectivity index (χ4v) is 2.92. The first-order valence-corrected chi connectivity index (χ1v) is 7.77. The Morgan fingerprint density at radius 3 is 2.14 bits per heavy atom. The zero-order valence-corrected chi connectivity index (χ0v) is 14.1. The van der Waals surface area contributed by atoms with Crippen LogP contribution >= 0.6 is 0 Å². The first kappa shape index (κ1) is 19.6. The minimum absolute atomic E-state index is 0.0767. The highest BCUT2D eigenvalue weighted by Gasteiger charge is 2.33. The molecule has 0 radical (unpaired) electrons. The van der Waals surface area contributed by atoms with E-state index in [0.717, 1.165) is 41.0 Å². The SMILES string of the molecule is Cn1c(C(=O)O)c(Nc2cccc(C(F)(F)F)c2)c2cc(C(F)(F)F)ccc21. The van der Waals surface area contributed by atoms with Crippen molar-refractivity contribution in [2.45, 2.75) is 12.4 Å². The summed E-state index contributed by atoms with van der Waals surface area (Å²) in [6.45, 7) is 0.